The van der Waals surface area contributed by atoms with Crippen molar-refractivity contribution in [2.75, 3.05) is 6.54 Å². The van der Waals surface area contributed by atoms with Gasteiger partial charge in [0.25, 0.3) is 0 Å². The molecule has 2 aliphatic rings. The van der Waals surface area contributed by atoms with E-state index in [1.54, 1.807) is 0 Å². The molecule has 1 heteroatoms. The highest BCUT2D eigenvalue weighted by Gasteiger charge is 2.11. The maximum Gasteiger partial charge on any atom is 0.00670 e. The Hall–Kier alpha value is -0.0400. The Labute approximate surface area is 178 Å². The lowest BCUT2D eigenvalue weighted by molar-refractivity contribution is 0.380. The average molecular weight is 392 g/mol. The fraction of sp³-hybridized carbons (Fsp3) is 1.00. The van der Waals surface area contributed by atoms with Crippen molar-refractivity contribution >= 4 is 0 Å². The molecule has 0 aliphatic heterocycles. The Morgan fingerprint density at radius 3 is 1.43 bits per heavy atom. The Morgan fingerprint density at radius 1 is 0.429 bits per heavy atom. The molecule has 0 bridgehead atoms. The molecular weight excluding hydrogens is 338 g/mol. The van der Waals surface area contributed by atoms with Crippen molar-refractivity contribution in [3.8, 4) is 0 Å². The molecule has 2 rings (SSSR count). The van der Waals surface area contributed by atoms with Gasteiger partial charge in [-0.05, 0) is 31.7 Å². The van der Waals surface area contributed by atoms with Gasteiger partial charge in [0.15, 0.2) is 0 Å². The predicted molar refractivity (Wildman–Crippen MR) is 126 cm³/mol. The Kier molecular flexibility index (Phi) is 15.4. The fourth-order valence-electron chi connectivity index (χ4n) is 5.59. The van der Waals surface area contributed by atoms with E-state index in [9.17, 15) is 0 Å². The summed E-state index contributed by atoms with van der Waals surface area (Å²) in [5.74, 6) is 1.07. The molecule has 28 heavy (non-hydrogen) atoms. The highest BCUT2D eigenvalue weighted by Crippen LogP contribution is 2.26. The first-order valence-electron chi connectivity index (χ1n) is 13.7. The summed E-state index contributed by atoms with van der Waals surface area (Å²) in [6, 6.07) is 0.821. The molecule has 0 amide bonds. The zero-order valence-electron chi connectivity index (χ0n) is 19.3. The van der Waals surface area contributed by atoms with E-state index in [0.717, 1.165) is 12.0 Å². The molecular formula is C27H53N. The maximum atomic E-state index is 3.92. The normalized spacial score (nSPS) is 22.7. The van der Waals surface area contributed by atoms with Gasteiger partial charge in [0.1, 0.15) is 0 Å². The molecule has 0 heterocycles. The smallest absolute Gasteiger partial charge is 0.00670 e. The van der Waals surface area contributed by atoms with Crippen LogP contribution in [0.15, 0.2) is 0 Å². The van der Waals surface area contributed by atoms with Gasteiger partial charge < -0.3 is 5.32 Å². The maximum absolute atomic E-state index is 3.92. The predicted octanol–water partition coefficient (Wildman–Crippen LogP) is 8.95. The van der Waals surface area contributed by atoms with Crippen molar-refractivity contribution in [3.05, 3.63) is 0 Å². The van der Waals surface area contributed by atoms with E-state index in [-0.39, 0.29) is 0 Å². The van der Waals surface area contributed by atoms with Gasteiger partial charge in [-0.3, -0.25) is 0 Å². The topological polar surface area (TPSA) is 12.0 Å². The second-order valence-corrected chi connectivity index (χ2v) is 10.2. The van der Waals surface area contributed by atoms with Gasteiger partial charge in [0.2, 0.25) is 0 Å². The summed E-state index contributed by atoms with van der Waals surface area (Å²) in [6.07, 6.45) is 35.6. The van der Waals surface area contributed by atoms with E-state index < -0.39 is 0 Å². The van der Waals surface area contributed by atoms with Crippen LogP contribution in [-0.2, 0) is 0 Å². The first-order chi connectivity index (χ1) is 13.9. The molecule has 0 saturated heterocycles. The van der Waals surface area contributed by atoms with Crippen LogP contribution in [-0.4, -0.2) is 12.6 Å². The second kappa shape index (κ2) is 17.8. The first kappa shape index (κ1) is 24.2. The van der Waals surface area contributed by atoms with E-state index in [1.165, 1.54) is 161 Å². The van der Waals surface area contributed by atoms with Crippen molar-refractivity contribution in [1.82, 2.24) is 5.32 Å². The second-order valence-electron chi connectivity index (χ2n) is 10.2. The van der Waals surface area contributed by atoms with Crippen LogP contribution in [0.4, 0.5) is 0 Å². The molecule has 0 atom stereocenters. The lowest BCUT2D eigenvalue weighted by Crippen LogP contribution is -2.30. The molecule has 0 radical (unpaired) electrons. The van der Waals surface area contributed by atoms with Gasteiger partial charge in [-0.2, -0.15) is 0 Å². The largest absolute Gasteiger partial charge is 0.314 e. The first-order valence-corrected chi connectivity index (χ1v) is 13.7. The number of hydrogen-bond donors (Lipinski definition) is 1. The lowest BCUT2D eigenvalue weighted by Gasteiger charge is -2.18. The van der Waals surface area contributed by atoms with Crippen molar-refractivity contribution in [2.45, 2.75) is 160 Å². The van der Waals surface area contributed by atoms with Crippen LogP contribution in [0, 0.1) is 5.92 Å². The summed E-state index contributed by atoms with van der Waals surface area (Å²) in [6.45, 7) is 1.27. The third kappa shape index (κ3) is 13.2. The summed E-state index contributed by atoms with van der Waals surface area (Å²) < 4.78 is 0. The van der Waals surface area contributed by atoms with E-state index in [4.69, 9.17) is 0 Å². The summed E-state index contributed by atoms with van der Waals surface area (Å²) in [7, 11) is 0. The summed E-state index contributed by atoms with van der Waals surface area (Å²) >= 11 is 0. The monoisotopic (exact) mass is 391 g/mol. The highest BCUT2D eigenvalue weighted by atomic mass is 14.9. The quantitative estimate of drug-likeness (QED) is 0.387. The molecule has 0 aromatic rings. The van der Waals surface area contributed by atoms with Crippen LogP contribution < -0.4 is 5.32 Å². The van der Waals surface area contributed by atoms with Gasteiger partial charge in [-0.1, -0.05) is 135 Å². The summed E-state index contributed by atoms with van der Waals surface area (Å²) in [5, 5.41) is 3.92. The van der Waals surface area contributed by atoms with E-state index in [1.807, 2.05) is 0 Å². The molecule has 2 saturated carbocycles. The van der Waals surface area contributed by atoms with Crippen LogP contribution in [0.3, 0.4) is 0 Å². The van der Waals surface area contributed by atoms with Gasteiger partial charge in [-0.25, -0.2) is 0 Å². The van der Waals surface area contributed by atoms with Crippen molar-refractivity contribution < 1.29 is 0 Å². The molecule has 1 N–H and O–H groups in total. The number of rotatable bonds is 9. The Bertz CT molecular complexity index is 304. The molecule has 0 unspecified atom stereocenters. The number of nitrogens with one attached hydrogen (secondary N) is 1. The van der Waals surface area contributed by atoms with E-state index >= 15 is 0 Å². The molecule has 1 nitrogen and oxygen atoms in total. The molecule has 0 spiro atoms. The zero-order chi connectivity index (χ0) is 19.5. The minimum Gasteiger partial charge on any atom is -0.314 e. The summed E-state index contributed by atoms with van der Waals surface area (Å²) in [5.41, 5.74) is 0. The lowest BCUT2D eigenvalue weighted by atomic mass is 9.91. The third-order valence-corrected chi connectivity index (χ3v) is 7.55. The van der Waals surface area contributed by atoms with Crippen molar-refractivity contribution in [1.29, 1.82) is 0 Å². The number of unbranched alkanes of at least 4 members (excludes halogenated alkanes) is 4. The van der Waals surface area contributed by atoms with E-state index in [2.05, 4.69) is 5.32 Å². The van der Waals surface area contributed by atoms with Crippen LogP contribution in [0.1, 0.15) is 154 Å². The third-order valence-electron chi connectivity index (χ3n) is 7.55. The number of hydrogen-bond acceptors (Lipinski definition) is 1. The molecule has 0 aromatic heterocycles. The van der Waals surface area contributed by atoms with Crippen LogP contribution in [0.5, 0.6) is 0 Å². The van der Waals surface area contributed by atoms with Gasteiger partial charge in [0.05, 0.1) is 0 Å². The van der Waals surface area contributed by atoms with Crippen LogP contribution in [0.25, 0.3) is 0 Å². The van der Waals surface area contributed by atoms with Crippen molar-refractivity contribution in [3.63, 3.8) is 0 Å². The van der Waals surface area contributed by atoms with E-state index in [0.29, 0.717) is 0 Å². The van der Waals surface area contributed by atoms with Gasteiger partial charge in [-0.15, -0.1) is 0 Å². The standard InChI is InChI=1S/C27H53N/c1-2-4-12-18-24-27(23-17-11-3-1)28-25-19-13-7-10-16-22-26-20-14-8-5-6-9-15-21-26/h26-28H,1-25H2. The van der Waals surface area contributed by atoms with Crippen molar-refractivity contribution in [2.24, 2.45) is 5.92 Å². The minimum absolute atomic E-state index is 0.821. The SMILES string of the molecule is C1CCCCCC(NCCCCCCCC2CCCCCCCC2)CCCC1. The molecule has 2 aliphatic carbocycles. The summed E-state index contributed by atoms with van der Waals surface area (Å²) in [4.78, 5) is 0. The van der Waals surface area contributed by atoms with Gasteiger partial charge in [0, 0.05) is 6.04 Å². The zero-order valence-corrected chi connectivity index (χ0v) is 19.3. The fourth-order valence-corrected chi connectivity index (χ4v) is 5.59. The molecule has 166 valence electrons. The van der Waals surface area contributed by atoms with Crippen LogP contribution >= 0.6 is 0 Å². The Morgan fingerprint density at radius 2 is 0.857 bits per heavy atom. The van der Waals surface area contributed by atoms with Gasteiger partial charge >= 0.3 is 0 Å². The molecule has 0 aromatic carbocycles. The van der Waals surface area contributed by atoms with Crippen LogP contribution in [0.2, 0.25) is 0 Å². The molecule has 2 fully saturated rings. The highest BCUT2D eigenvalue weighted by molar-refractivity contribution is 4.69. The Balaban J connectivity index is 1.43. The average Bonchev–Trinajstić information content (AvgIpc) is 2.79. The minimum atomic E-state index is 0.821.